The van der Waals surface area contributed by atoms with Gasteiger partial charge in [0.25, 0.3) is 5.91 Å². The summed E-state index contributed by atoms with van der Waals surface area (Å²) in [4.78, 5) is 26.4. The molecule has 1 unspecified atom stereocenters. The van der Waals surface area contributed by atoms with E-state index in [1.54, 1.807) is 6.20 Å². The Hall–Kier alpha value is -3.06. The van der Waals surface area contributed by atoms with E-state index in [9.17, 15) is 4.79 Å². The smallest absolute Gasteiger partial charge is 0.255 e. The highest BCUT2D eigenvalue weighted by molar-refractivity contribution is 5.95. The predicted molar refractivity (Wildman–Crippen MR) is 110 cm³/mol. The fourth-order valence-electron chi connectivity index (χ4n) is 3.86. The van der Waals surface area contributed by atoms with E-state index in [1.165, 1.54) is 5.56 Å². The summed E-state index contributed by atoms with van der Waals surface area (Å²) in [5, 5.41) is 7.38. The van der Waals surface area contributed by atoms with Crippen molar-refractivity contribution in [2.24, 2.45) is 0 Å². The first-order chi connectivity index (χ1) is 14.1. The van der Waals surface area contributed by atoms with Crippen LogP contribution in [0.5, 0.6) is 0 Å². The van der Waals surface area contributed by atoms with Gasteiger partial charge in [0.1, 0.15) is 5.82 Å². The minimum absolute atomic E-state index is 0.0226. The summed E-state index contributed by atoms with van der Waals surface area (Å²) in [6.45, 7) is 6.71. The first kappa shape index (κ1) is 19.3. The highest BCUT2D eigenvalue weighted by Crippen LogP contribution is 2.26. The van der Waals surface area contributed by atoms with Gasteiger partial charge in [0, 0.05) is 38.1 Å². The van der Waals surface area contributed by atoms with E-state index in [-0.39, 0.29) is 11.9 Å². The standard InChI is InChI=1S/C22H26N6O/c1-16-19(10-6-11-23-16)22(29)28-13-7-12-27(14-18-8-4-3-5-9-18)20(15-28)21-24-17(2)25-26-21/h3-6,8-11,20H,7,12-15H2,1-2H3,(H,24,25,26). The molecule has 1 atom stereocenters. The van der Waals surface area contributed by atoms with Gasteiger partial charge < -0.3 is 4.90 Å². The number of amides is 1. The zero-order valence-electron chi connectivity index (χ0n) is 16.9. The highest BCUT2D eigenvalue weighted by atomic mass is 16.2. The molecule has 0 bridgehead atoms. The maximum Gasteiger partial charge on any atom is 0.255 e. The van der Waals surface area contributed by atoms with Gasteiger partial charge in [-0.05, 0) is 38.0 Å². The lowest BCUT2D eigenvalue weighted by Gasteiger charge is -2.30. The van der Waals surface area contributed by atoms with Crippen LogP contribution in [0, 0.1) is 13.8 Å². The number of nitrogens with one attached hydrogen (secondary N) is 1. The third-order valence-corrected chi connectivity index (χ3v) is 5.37. The topological polar surface area (TPSA) is 78.0 Å². The zero-order valence-corrected chi connectivity index (χ0v) is 16.9. The molecule has 4 rings (SSSR count). The Morgan fingerprint density at radius 3 is 2.69 bits per heavy atom. The van der Waals surface area contributed by atoms with Gasteiger partial charge in [-0.25, -0.2) is 4.98 Å². The summed E-state index contributed by atoms with van der Waals surface area (Å²) < 4.78 is 0. The second-order valence-electron chi connectivity index (χ2n) is 7.49. The van der Waals surface area contributed by atoms with Gasteiger partial charge >= 0.3 is 0 Å². The highest BCUT2D eigenvalue weighted by Gasteiger charge is 2.32. The van der Waals surface area contributed by atoms with E-state index in [0.717, 1.165) is 36.9 Å². The van der Waals surface area contributed by atoms with Crippen molar-refractivity contribution in [1.29, 1.82) is 0 Å². The first-order valence-electron chi connectivity index (χ1n) is 9.99. The molecule has 1 aliphatic rings. The molecular formula is C22H26N6O. The maximum atomic E-state index is 13.2. The van der Waals surface area contributed by atoms with E-state index in [2.05, 4.69) is 49.3 Å². The molecule has 7 nitrogen and oxygen atoms in total. The average molecular weight is 390 g/mol. The summed E-state index contributed by atoms with van der Waals surface area (Å²) in [6.07, 6.45) is 2.62. The van der Waals surface area contributed by atoms with Crippen LogP contribution in [0.4, 0.5) is 0 Å². The molecule has 1 aromatic carbocycles. The van der Waals surface area contributed by atoms with Crippen molar-refractivity contribution < 1.29 is 4.79 Å². The van der Waals surface area contributed by atoms with Gasteiger partial charge in [-0.3, -0.25) is 19.8 Å². The van der Waals surface area contributed by atoms with Crippen LogP contribution in [-0.4, -0.2) is 55.5 Å². The molecule has 0 spiro atoms. The number of carbonyl (C=O) groups excluding carboxylic acids is 1. The molecule has 1 fully saturated rings. The van der Waals surface area contributed by atoms with Crippen LogP contribution >= 0.6 is 0 Å². The van der Waals surface area contributed by atoms with Crippen molar-refractivity contribution in [3.05, 3.63) is 77.1 Å². The van der Waals surface area contributed by atoms with Gasteiger partial charge in [-0.15, -0.1) is 0 Å². The lowest BCUT2D eigenvalue weighted by molar-refractivity contribution is 0.0725. The maximum absolute atomic E-state index is 13.2. The van der Waals surface area contributed by atoms with Gasteiger partial charge in [0.15, 0.2) is 5.82 Å². The van der Waals surface area contributed by atoms with Crippen LogP contribution in [0.2, 0.25) is 0 Å². The fraction of sp³-hybridized carbons (Fsp3) is 0.364. The van der Waals surface area contributed by atoms with Crippen molar-refractivity contribution in [2.75, 3.05) is 19.6 Å². The van der Waals surface area contributed by atoms with Crippen LogP contribution in [0.25, 0.3) is 0 Å². The number of hydrogen-bond donors (Lipinski definition) is 1. The first-order valence-corrected chi connectivity index (χ1v) is 9.99. The number of aryl methyl sites for hydroxylation is 2. The Morgan fingerprint density at radius 2 is 1.97 bits per heavy atom. The van der Waals surface area contributed by atoms with E-state index >= 15 is 0 Å². The number of aromatic nitrogens is 4. The van der Waals surface area contributed by atoms with Crippen molar-refractivity contribution in [3.8, 4) is 0 Å². The van der Waals surface area contributed by atoms with Crippen LogP contribution in [-0.2, 0) is 6.54 Å². The number of benzene rings is 1. The molecule has 7 heteroatoms. The number of carbonyl (C=O) groups is 1. The number of aromatic amines is 1. The lowest BCUT2D eigenvalue weighted by Crippen LogP contribution is -2.38. The fourth-order valence-corrected chi connectivity index (χ4v) is 3.86. The third-order valence-electron chi connectivity index (χ3n) is 5.37. The molecule has 0 radical (unpaired) electrons. The quantitative estimate of drug-likeness (QED) is 0.741. The van der Waals surface area contributed by atoms with Crippen LogP contribution in [0.3, 0.4) is 0 Å². The molecule has 29 heavy (non-hydrogen) atoms. The number of hydrogen-bond acceptors (Lipinski definition) is 5. The van der Waals surface area contributed by atoms with Crippen molar-refractivity contribution in [1.82, 2.24) is 30.0 Å². The van der Waals surface area contributed by atoms with Crippen molar-refractivity contribution >= 4 is 5.91 Å². The monoisotopic (exact) mass is 390 g/mol. The molecule has 150 valence electrons. The molecule has 0 saturated carbocycles. The third kappa shape index (κ3) is 4.35. The normalized spacial score (nSPS) is 17.9. The second-order valence-corrected chi connectivity index (χ2v) is 7.49. The summed E-state index contributed by atoms with van der Waals surface area (Å²) in [5.74, 6) is 1.54. The van der Waals surface area contributed by atoms with Crippen LogP contribution < -0.4 is 0 Å². The molecule has 1 aliphatic heterocycles. The molecule has 3 aromatic rings. The van der Waals surface area contributed by atoms with Gasteiger partial charge in [0.05, 0.1) is 11.6 Å². The minimum atomic E-state index is -0.0661. The number of H-pyrrole nitrogens is 1. The van der Waals surface area contributed by atoms with Crippen LogP contribution in [0.1, 0.15) is 45.7 Å². The summed E-state index contributed by atoms with van der Waals surface area (Å²) in [7, 11) is 0. The second kappa shape index (κ2) is 8.53. The number of nitrogens with zero attached hydrogens (tertiary/aromatic N) is 5. The average Bonchev–Trinajstić information content (AvgIpc) is 3.05. The van der Waals surface area contributed by atoms with Crippen LogP contribution in [0.15, 0.2) is 48.7 Å². The lowest BCUT2D eigenvalue weighted by atomic mass is 10.1. The largest absolute Gasteiger partial charge is 0.336 e. The number of pyridine rings is 1. The Bertz CT molecular complexity index is 970. The molecule has 1 amide bonds. The SMILES string of the molecule is Cc1nc(C2CN(C(=O)c3cccnc3C)CCCN2Cc2ccccc2)n[nH]1. The molecule has 2 aromatic heterocycles. The summed E-state index contributed by atoms with van der Waals surface area (Å²) in [5.41, 5.74) is 2.66. The zero-order chi connectivity index (χ0) is 20.2. The van der Waals surface area contributed by atoms with Gasteiger partial charge in [-0.2, -0.15) is 5.10 Å². The Morgan fingerprint density at radius 1 is 1.14 bits per heavy atom. The Balaban J connectivity index is 1.62. The van der Waals surface area contributed by atoms with Crippen molar-refractivity contribution in [3.63, 3.8) is 0 Å². The van der Waals surface area contributed by atoms with E-state index in [4.69, 9.17) is 0 Å². The summed E-state index contributed by atoms with van der Waals surface area (Å²) in [6, 6.07) is 14.0. The molecular weight excluding hydrogens is 364 g/mol. The molecule has 0 aliphatic carbocycles. The molecule has 1 N–H and O–H groups in total. The van der Waals surface area contributed by atoms with E-state index in [0.29, 0.717) is 18.7 Å². The van der Waals surface area contributed by atoms with E-state index < -0.39 is 0 Å². The summed E-state index contributed by atoms with van der Waals surface area (Å²) >= 11 is 0. The van der Waals surface area contributed by atoms with Gasteiger partial charge in [0.2, 0.25) is 0 Å². The minimum Gasteiger partial charge on any atom is -0.336 e. The van der Waals surface area contributed by atoms with Gasteiger partial charge in [-0.1, -0.05) is 30.3 Å². The molecule has 1 saturated heterocycles. The van der Waals surface area contributed by atoms with Crippen molar-refractivity contribution in [2.45, 2.75) is 32.9 Å². The Kier molecular flexibility index (Phi) is 5.67. The number of rotatable bonds is 4. The Labute approximate surface area is 170 Å². The molecule has 3 heterocycles. The predicted octanol–water partition coefficient (Wildman–Crippen LogP) is 2.91. The van der Waals surface area contributed by atoms with E-state index in [1.807, 2.05) is 36.9 Å².